The van der Waals surface area contributed by atoms with Crippen molar-refractivity contribution in [2.24, 2.45) is 0 Å². The topological polar surface area (TPSA) is 78.0 Å². The number of anilines is 3. The van der Waals surface area contributed by atoms with E-state index in [0.717, 1.165) is 32.5 Å². The molecule has 1 fully saturated rings. The third-order valence-corrected chi connectivity index (χ3v) is 6.13. The molecule has 0 bridgehead atoms. The minimum absolute atomic E-state index is 0.00782. The standard InChI is InChI=1S/C24H31N5O3/c1-3-27(4-2)14-8-9-18-17-28(15-16-32-18)24(31)29-21-12-6-5-10-19(21)23(30)26-20-11-7-13-25-22(20)29/h5-7,10-13,18H,3-4,8-9,14-17H2,1-2H3,(H,26,30). The molecule has 0 saturated carbocycles. The largest absolute Gasteiger partial charge is 0.375 e. The number of rotatable bonds is 6. The molecule has 8 nitrogen and oxygen atoms in total. The first-order valence-electron chi connectivity index (χ1n) is 11.4. The molecule has 2 aliphatic rings. The second-order valence-corrected chi connectivity index (χ2v) is 8.07. The van der Waals surface area contributed by atoms with Gasteiger partial charge in [0, 0.05) is 19.3 Å². The van der Waals surface area contributed by atoms with Gasteiger partial charge in [0.05, 0.1) is 29.6 Å². The molecule has 1 aromatic carbocycles. The Labute approximate surface area is 189 Å². The molecule has 1 N–H and O–H groups in total. The van der Waals surface area contributed by atoms with Crippen LogP contribution in [0, 0.1) is 0 Å². The highest BCUT2D eigenvalue weighted by atomic mass is 16.5. The molecule has 0 radical (unpaired) electrons. The summed E-state index contributed by atoms with van der Waals surface area (Å²) in [4.78, 5) is 36.8. The Kier molecular flexibility index (Phi) is 7.02. The first-order valence-corrected chi connectivity index (χ1v) is 11.4. The summed E-state index contributed by atoms with van der Waals surface area (Å²) >= 11 is 0. The number of pyridine rings is 1. The molecule has 1 saturated heterocycles. The van der Waals surface area contributed by atoms with Gasteiger partial charge in [0.1, 0.15) is 0 Å². The Morgan fingerprint density at radius 2 is 2.03 bits per heavy atom. The summed E-state index contributed by atoms with van der Waals surface area (Å²) in [6.07, 6.45) is 3.58. The normalized spacial score (nSPS) is 18.1. The number of hydrogen-bond acceptors (Lipinski definition) is 5. The van der Waals surface area contributed by atoms with Crippen molar-refractivity contribution in [3.05, 3.63) is 48.2 Å². The van der Waals surface area contributed by atoms with E-state index < -0.39 is 0 Å². The number of hydrogen-bond donors (Lipinski definition) is 1. The van der Waals surface area contributed by atoms with Gasteiger partial charge in [-0.05, 0) is 56.7 Å². The van der Waals surface area contributed by atoms with Gasteiger partial charge in [-0.2, -0.15) is 0 Å². The van der Waals surface area contributed by atoms with E-state index in [1.165, 1.54) is 0 Å². The van der Waals surface area contributed by atoms with E-state index in [2.05, 4.69) is 29.0 Å². The molecule has 2 aromatic rings. The first kappa shape index (κ1) is 22.2. The Morgan fingerprint density at radius 1 is 1.22 bits per heavy atom. The number of morpholine rings is 1. The van der Waals surface area contributed by atoms with Gasteiger partial charge < -0.3 is 19.9 Å². The van der Waals surface area contributed by atoms with Gasteiger partial charge in [0.25, 0.3) is 5.91 Å². The fourth-order valence-electron chi connectivity index (χ4n) is 4.32. The summed E-state index contributed by atoms with van der Waals surface area (Å²) in [5.74, 6) is 0.182. The minimum atomic E-state index is -0.249. The number of urea groups is 1. The summed E-state index contributed by atoms with van der Waals surface area (Å²) in [6.45, 7) is 9.00. The SMILES string of the molecule is CCN(CC)CCCC1CN(C(=O)N2c3ccccc3C(=O)Nc3cccnc32)CCO1. The highest BCUT2D eigenvalue weighted by Crippen LogP contribution is 2.37. The lowest BCUT2D eigenvalue weighted by Crippen LogP contribution is -2.50. The van der Waals surface area contributed by atoms with Crippen molar-refractivity contribution < 1.29 is 14.3 Å². The number of carbonyl (C=O) groups excluding carboxylic acids is 2. The molecule has 4 rings (SSSR count). The molecule has 32 heavy (non-hydrogen) atoms. The van der Waals surface area contributed by atoms with Crippen LogP contribution in [0.25, 0.3) is 0 Å². The maximum Gasteiger partial charge on any atom is 0.330 e. The minimum Gasteiger partial charge on any atom is -0.375 e. The molecule has 1 unspecified atom stereocenters. The van der Waals surface area contributed by atoms with Gasteiger partial charge in [-0.1, -0.05) is 26.0 Å². The second kappa shape index (κ2) is 10.1. The molecule has 1 atom stereocenters. The molecular formula is C24H31N5O3. The highest BCUT2D eigenvalue weighted by Gasteiger charge is 2.34. The lowest BCUT2D eigenvalue weighted by atomic mass is 10.1. The van der Waals surface area contributed by atoms with Crippen molar-refractivity contribution in [3.8, 4) is 0 Å². The lowest BCUT2D eigenvalue weighted by molar-refractivity contribution is -0.0184. The van der Waals surface area contributed by atoms with Gasteiger partial charge in [-0.3, -0.25) is 4.79 Å². The van der Waals surface area contributed by atoms with Crippen LogP contribution >= 0.6 is 0 Å². The number of aromatic nitrogens is 1. The van der Waals surface area contributed by atoms with E-state index in [0.29, 0.717) is 42.5 Å². The number of carbonyl (C=O) groups is 2. The predicted molar refractivity (Wildman–Crippen MR) is 125 cm³/mol. The van der Waals surface area contributed by atoms with Crippen LogP contribution < -0.4 is 10.2 Å². The molecule has 170 valence electrons. The molecule has 1 aromatic heterocycles. The van der Waals surface area contributed by atoms with Crippen molar-refractivity contribution in [1.29, 1.82) is 0 Å². The van der Waals surface area contributed by atoms with E-state index in [9.17, 15) is 9.59 Å². The second-order valence-electron chi connectivity index (χ2n) is 8.07. The number of nitrogens with one attached hydrogen (secondary N) is 1. The molecule has 0 spiro atoms. The van der Waals surface area contributed by atoms with Gasteiger partial charge in [0.15, 0.2) is 5.82 Å². The zero-order valence-electron chi connectivity index (χ0n) is 18.8. The van der Waals surface area contributed by atoms with E-state index in [1.807, 2.05) is 11.0 Å². The monoisotopic (exact) mass is 437 g/mol. The molecule has 0 aliphatic carbocycles. The fraction of sp³-hybridized carbons (Fsp3) is 0.458. The number of para-hydroxylation sites is 1. The molecule has 3 heterocycles. The Morgan fingerprint density at radius 3 is 2.84 bits per heavy atom. The molecule has 2 aliphatic heterocycles. The van der Waals surface area contributed by atoms with Gasteiger partial charge in [0.2, 0.25) is 0 Å². The summed E-state index contributed by atoms with van der Waals surface area (Å²) < 4.78 is 5.96. The van der Waals surface area contributed by atoms with Crippen LogP contribution in [0.5, 0.6) is 0 Å². The maximum atomic E-state index is 13.8. The van der Waals surface area contributed by atoms with Crippen molar-refractivity contribution in [3.63, 3.8) is 0 Å². The Bertz CT molecular complexity index is 962. The first-order chi connectivity index (χ1) is 15.6. The summed E-state index contributed by atoms with van der Waals surface area (Å²) in [6, 6.07) is 10.5. The number of benzene rings is 1. The van der Waals surface area contributed by atoms with E-state index in [1.54, 1.807) is 41.4 Å². The summed E-state index contributed by atoms with van der Waals surface area (Å²) in [7, 11) is 0. The van der Waals surface area contributed by atoms with Gasteiger partial charge >= 0.3 is 6.03 Å². The van der Waals surface area contributed by atoms with E-state index in [-0.39, 0.29) is 18.0 Å². The van der Waals surface area contributed by atoms with Crippen LogP contribution in [0.2, 0.25) is 0 Å². The number of fused-ring (bicyclic) bond motifs is 2. The third kappa shape index (κ3) is 4.61. The van der Waals surface area contributed by atoms with Crippen LogP contribution in [-0.2, 0) is 4.74 Å². The van der Waals surface area contributed by atoms with Crippen LogP contribution in [0.3, 0.4) is 0 Å². The fourth-order valence-corrected chi connectivity index (χ4v) is 4.32. The van der Waals surface area contributed by atoms with Crippen LogP contribution in [0.1, 0.15) is 37.0 Å². The summed E-state index contributed by atoms with van der Waals surface area (Å²) in [5.41, 5.74) is 1.51. The van der Waals surface area contributed by atoms with E-state index in [4.69, 9.17) is 4.74 Å². The van der Waals surface area contributed by atoms with E-state index >= 15 is 0 Å². The average molecular weight is 438 g/mol. The van der Waals surface area contributed by atoms with Crippen LogP contribution in [0.15, 0.2) is 42.6 Å². The average Bonchev–Trinajstić information content (AvgIpc) is 2.95. The molecule has 8 heteroatoms. The van der Waals surface area contributed by atoms with Crippen LogP contribution in [0.4, 0.5) is 22.0 Å². The van der Waals surface area contributed by atoms with Gasteiger partial charge in [-0.15, -0.1) is 0 Å². The smallest absolute Gasteiger partial charge is 0.330 e. The van der Waals surface area contributed by atoms with Crippen molar-refractivity contribution in [2.45, 2.75) is 32.8 Å². The quantitative estimate of drug-likeness (QED) is 0.745. The number of ether oxygens (including phenoxy) is 1. The van der Waals surface area contributed by atoms with Crippen molar-refractivity contribution in [2.75, 3.05) is 49.5 Å². The number of nitrogens with zero attached hydrogens (tertiary/aromatic N) is 4. The Balaban J connectivity index is 1.55. The predicted octanol–water partition coefficient (Wildman–Crippen LogP) is 3.73. The highest BCUT2D eigenvalue weighted by molar-refractivity contribution is 6.16. The maximum absolute atomic E-state index is 13.8. The lowest BCUT2D eigenvalue weighted by Gasteiger charge is -2.36. The zero-order valence-corrected chi connectivity index (χ0v) is 18.8. The van der Waals surface area contributed by atoms with Gasteiger partial charge in [-0.25, -0.2) is 14.7 Å². The zero-order chi connectivity index (χ0) is 22.5. The molecular weight excluding hydrogens is 406 g/mol. The third-order valence-electron chi connectivity index (χ3n) is 6.13. The van der Waals surface area contributed by atoms with Crippen molar-refractivity contribution in [1.82, 2.24) is 14.8 Å². The van der Waals surface area contributed by atoms with Crippen molar-refractivity contribution >= 4 is 29.1 Å². The Hall–Kier alpha value is -2.97. The van der Waals surface area contributed by atoms with Crippen LogP contribution in [-0.4, -0.2) is 72.2 Å². The molecule has 3 amide bonds. The number of amides is 3. The summed E-state index contributed by atoms with van der Waals surface area (Å²) in [5, 5.41) is 2.88.